The predicted molar refractivity (Wildman–Crippen MR) is 141 cm³/mol. The largest absolute Gasteiger partial charge is 0.436 e. The maximum atomic E-state index is 13.9. The molecule has 198 valence electrons. The molecule has 10 nitrogen and oxygen atoms in total. The van der Waals surface area contributed by atoms with Crippen molar-refractivity contribution in [3.05, 3.63) is 46.1 Å². The van der Waals surface area contributed by atoms with E-state index in [1.807, 2.05) is 6.92 Å². The van der Waals surface area contributed by atoms with Crippen molar-refractivity contribution in [2.45, 2.75) is 55.4 Å². The number of carbonyl (C=O) groups excluding carboxylic acids is 1. The molecule has 1 N–H and O–H groups in total. The van der Waals surface area contributed by atoms with Gasteiger partial charge >= 0.3 is 5.91 Å². The minimum Gasteiger partial charge on any atom is -0.436 e. The number of aromatic nitrogens is 1. The highest BCUT2D eigenvalue weighted by Gasteiger charge is 2.40. The van der Waals surface area contributed by atoms with Crippen LogP contribution in [0.5, 0.6) is 0 Å². The van der Waals surface area contributed by atoms with Gasteiger partial charge in [0.05, 0.1) is 30.8 Å². The molecule has 13 heteroatoms. The summed E-state index contributed by atoms with van der Waals surface area (Å²) < 4.78 is 35.6. The average molecular weight is 573 g/mol. The average Bonchev–Trinajstić information content (AvgIpc) is 3.48. The molecule has 2 atom stereocenters. The van der Waals surface area contributed by atoms with Gasteiger partial charge in [0.1, 0.15) is 9.97 Å². The van der Waals surface area contributed by atoms with Gasteiger partial charge in [-0.1, -0.05) is 17.7 Å². The molecule has 1 fully saturated rings. The third-order valence-corrected chi connectivity index (χ3v) is 10.7. The summed E-state index contributed by atoms with van der Waals surface area (Å²) in [7, 11) is -3.98. The third-order valence-electron chi connectivity index (χ3n) is 6.92. The molecule has 1 aromatic carbocycles. The van der Waals surface area contributed by atoms with E-state index < -0.39 is 22.0 Å². The van der Waals surface area contributed by atoms with E-state index in [0.29, 0.717) is 45.8 Å². The van der Waals surface area contributed by atoms with Gasteiger partial charge in [-0.05, 0) is 30.9 Å². The monoisotopic (exact) mass is 572 g/mol. The summed E-state index contributed by atoms with van der Waals surface area (Å²) in [6.07, 6.45) is 1.06. The summed E-state index contributed by atoms with van der Waals surface area (Å²) in [5.41, 5.74) is 1.20. The zero-order valence-corrected chi connectivity index (χ0v) is 23.0. The van der Waals surface area contributed by atoms with E-state index in [2.05, 4.69) is 22.4 Å². The van der Waals surface area contributed by atoms with Gasteiger partial charge in [-0.15, -0.1) is 11.3 Å². The van der Waals surface area contributed by atoms with Crippen LogP contribution >= 0.6 is 22.9 Å². The number of nitrogens with one attached hydrogen (secondary N) is 1. The number of piperazine rings is 1. The number of halogens is 1. The van der Waals surface area contributed by atoms with Crippen molar-refractivity contribution < 1.29 is 17.6 Å². The van der Waals surface area contributed by atoms with E-state index in [9.17, 15) is 23.7 Å². The molecule has 0 radical (unpaired) electrons. The van der Waals surface area contributed by atoms with Crippen LogP contribution in [-0.2, 0) is 29.4 Å². The number of carbonyl (C=O) groups is 1. The number of rotatable bonds is 6. The number of oxazole rings is 1. The molecule has 2 aliphatic rings. The minimum absolute atomic E-state index is 0.0122. The number of benzene rings is 1. The first-order valence-corrected chi connectivity index (χ1v) is 14.8. The fraction of sp³-hybridized carbons (Fsp3) is 0.440. The first-order chi connectivity index (χ1) is 18.2. The van der Waals surface area contributed by atoms with E-state index in [1.54, 1.807) is 23.1 Å². The van der Waals surface area contributed by atoms with E-state index in [4.69, 9.17) is 16.0 Å². The van der Waals surface area contributed by atoms with Crippen LogP contribution in [-0.4, -0.2) is 60.2 Å². The summed E-state index contributed by atoms with van der Waals surface area (Å²) in [5.74, 6) is 0.215. The second kappa shape index (κ2) is 10.6. The fourth-order valence-electron chi connectivity index (χ4n) is 4.99. The standard InChI is InChI=1S/C25H25ClN6O4S2/c1-15-11-20-21(13-29-15)36-23(30-20)24(33)32-10-9-31(14-17(32)3-2-7-27)38(34,35)25-19(6-8-28)18-5-4-16(26)12-22(18)37-25/h4-5,12,15,17,29H,2-3,6,9-11,13-14H2,1H3. The van der Waals surface area contributed by atoms with Crippen LogP contribution in [0.2, 0.25) is 5.02 Å². The Balaban J connectivity index is 1.43. The Bertz CT molecular complexity index is 1590. The lowest BCUT2D eigenvalue weighted by Crippen LogP contribution is -2.56. The Labute approximate surface area is 229 Å². The lowest BCUT2D eigenvalue weighted by Gasteiger charge is -2.40. The van der Waals surface area contributed by atoms with Crippen molar-refractivity contribution in [3.63, 3.8) is 0 Å². The van der Waals surface area contributed by atoms with E-state index in [-0.39, 0.29) is 48.6 Å². The van der Waals surface area contributed by atoms with Crippen LogP contribution in [0.3, 0.4) is 0 Å². The Morgan fingerprint density at radius 1 is 1.32 bits per heavy atom. The summed E-state index contributed by atoms with van der Waals surface area (Å²) in [6.45, 7) is 2.74. The van der Waals surface area contributed by atoms with Crippen molar-refractivity contribution in [3.8, 4) is 12.1 Å². The Kier molecular flexibility index (Phi) is 7.45. The van der Waals surface area contributed by atoms with Crippen molar-refractivity contribution in [2.24, 2.45) is 0 Å². The third kappa shape index (κ3) is 4.91. The number of thiophene rings is 1. The number of nitrogens with zero attached hydrogens (tertiary/aromatic N) is 5. The zero-order valence-electron chi connectivity index (χ0n) is 20.6. The van der Waals surface area contributed by atoms with Crippen molar-refractivity contribution in [2.75, 3.05) is 19.6 Å². The topological polar surface area (TPSA) is 143 Å². The highest BCUT2D eigenvalue weighted by molar-refractivity contribution is 7.91. The summed E-state index contributed by atoms with van der Waals surface area (Å²) in [5, 5.41) is 23.1. The lowest BCUT2D eigenvalue weighted by molar-refractivity contribution is 0.0512. The molecule has 4 heterocycles. The number of hydrogen-bond donors (Lipinski definition) is 1. The van der Waals surface area contributed by atoms with E-state index in [1.165, 1.54) is 4.31 Å². The van der Waals surface area contributed by atoms with Crippen LogP contribution in [0.4, 0.5) is 0 Å². The summed E-state index contributed by atoms with van der Waals surface area (Å²) in [6, 6.07) is 8.96. The molecular formula is C25H25ClN6O4S2. The lowest BCUT2D eigenvalue weighted by atomic mass is 10.1. The molecule has 0 saturated carbocycles. The molecule has 1 saturated heterocycles. The first-order valence-electron chi connectivity index (χ1n) is 12.2. The van der Waals surface area contributed by atoms with Crippen molar-refractivity contribution in [1.29, 1.82) is 10.5 Å². The van der Waals surface area contributed by atoms with Crippen molar-refractivity contribution >= 4 is 49.0 Å². The van der Waals surface area contributed by atoms with Gasteiger partial charge in [-0.25, -0.2) is 13.4 Å². The molecule has 5 rings (SSSR count). The van der Waals surface area contributed by atoms with Crippen LogP contribution < -0.4 is 5.32 Å². The van der Waals surface area contributed by atoms with E-state index >= 15 is 0 Å². The quantitative estimate of drug-likeness (QED) is 0.473. The van der Waals surface area contributed by atoms with Gasteiger partial charge in [-0.2, -0.15) is 14.8 Å². The number of hydrogen-bond acceptors (Lipinski definition) is 9. The van der Waals surface area contributed by atoms with Crippen molar-refractivity contribution in [1.82, 2.24) is 19.5 Å². The number of sulfonamides is 1. The van der Waals surface area contributed by atoms with Gasteiger partial charge < -0.3 is 14.6 Å². The zero-order chi connectivity index (χ0) is 27.0. The first kappa shape index (κ1) is 26.6. The van der Waals surface area contributed by atoms with Crippen LogP contribution in [0.1, 0.15) is 47.5 Å². The molecule has 38 heavy (non-hydrogen) atoms. The number of nitriles is 2. The molecule has 2 aliphatic heterocycles. The highest BCUT2D eigenvalue weighted by atomic mass is 35.5. The molecule has 2 unspecified atom stereocenters. The van der Waals surface area contributed by atoms with Gasteiger partial charge in [-0.3, -0.25) is 4.79 Å². The number of amides is 1. The SMILES string of the molecule is CC1Cc2nc(C(=O)N3CCN(S(=O)(=O)c4sc5cc(Cl)ccc5c4CC#N)CC3CCC#N)oc2CN1. The van der Waals surface area contributed by atoms with Gasteiger partial charge in [0.2, 0.25) is 0 Å². The molecule has 2 aromatic heterocycles. The maximum absolute atomic E-state index is 13.9. The normalized spacial score (nSPS) is 20.2. The molecule has 3 aromatic rings. The molecule has 0 aliphatic carbocycles. The Morgan fingerprint density at radius 3 is 2.89 bits per heavy atom. The number of fused-ring (bicyclic) bond motifs is 2. The minimum atomic E-state index is -3.98. The molecule has 1 amide bonds. The Morgan fingerprint density at radius 2 is 2.13 bits per heavy atom. The smallest absolute Gasteiger partial charge is 0.310 e. The van der Waals surface area contributed by atoms with Crippen LogP contribution in [0.25, 0.3) is 10.1 Å². The van der Waals surface area contributed by atoms with Gasteiger partial charge in [0, 0.05) is 59.8 Å². The van der Waals surface area contributed by atoms with Crippen LogP contribution in [0, 0.1) is 22.7 Å². The van der Waals surface area contributed by atoms with Gasteiger partial charge in [0.25, 0.3) is 15.9 Å². The predicted octanol–water partition coefficient (Wildman–Crippen LogP) is 3.46. The Hall–Kier alpha value is -3.00. The maximum Gasteiger partial charge on any atom is 0.310 e. The highest BCUT2D eigenvalue weighted by Crippen LogP contribution is 2.38. The second-order valence-electron chi connectivity index (χ2n) is 9.43. The molecule has 0 bridgehead atoms. The van der Waals surface area contributed by atoms with Crippen LogP contribution in [0.15, 0.2) is 26.8 Å². The summed E-state index contributed by atoms with van der Waals surface area (Å²) >= 11 is 7.21. The molecule has 0 spiro atoms. The summed E-state index contributed by atoms with van der Waals surface area (Å²) in [4.78, 5) is 19.4. The van der Waals surface area contributed by atoms with Gasteiger partial charge in [0.15, 0.2) is 0 Å². The fourth-order valence-corrected chi connectivity index (χ4v) is 8.64. The second-order valence-corrected chi connectivity index (χ2v) is 13.1. The van der Waals surface area contributed by atoms with E-state index in [0.717, 1.165) is 17.0 Å². The molecular weight excluding hydrogens is 548 g/mol.